The molecular formula is C22H31N3O5. The van der Waals surface area contributed by atoms with E-state index in [0.717, 1.165) is 10.9 Å². The van der Waals surface area contributed by atoms with Gasteiger partial charge in [0.15, 0.2) is 0 Å². The lowest BCUT2D eigenvalue weighted by Gasteiger charge is -2.32. The third-order valence-corrected chi connectivity index (χ3v) is 5.02. The number of rotatable bonds is 2. The first-order valence-electron chi connectivity index (χ1n) is 10.2. The SMILES string of the molecule is CC(C)OC(=O)C1CN(C(=O)OC(C)(C)C)CC(C)(C)c2c1[nH]c1[nH]c(=O)ccc21. The van der Waals surface area contributed by atoms with Crippen molar-refractivity contribution in [2.45, 2.75) is 71.5 Å². The van der Waals surface area contributed by atoms with E-state index in [2.05, 4.69) is 9.97 Å². The van der Waals surface area contributed by atoms with Crippen LogP contribution in [0.5, 0.6) is 0 Å². The van der Waals surface area contributed by atoms with E-state index in [1.54, 1.807) is 24.8 Å². The van der Waals surface area contributed by atoms with Crippen molar-refractivity contribution in [3.63, 3.8) is 0 Å². The highest BCUT2D eigenvalue weighted by Crippen LogP contribution is 2.40. The number of fused-ring (bicyclic) bond motifs is 3. The minimum absolute atomic E-state index is 0.119. The van der Waals surface area contributed by atoms with Gasteiger partial charge in [0.2, 0.25) is 5.56 Å². The van der Waals surface area contributed by atoms with Gasteiger partial charge in [0.25, 0.3) is 0 Å². The maximum atomic E-state index is 13.0. The number of aromatic amines is 2. The molecule has 0 saturated heterocycles. The van der Waals surface area contributed by atoms with Crippen LogP contribution in [0.3, 0.4) is 0 Å². The van der Waals surface area contributed by atoms with Crippen LogP contribution in [0.25, 0.3) is 11.0 Å². The van der Waals surface area contributed by atoms with Crippen molar-refractivity contribution in [1.82, 2.24) is 14.9 Å². The van der Waals surface area contributed by atoms with Crippen LogP contribution in [0, 0.1) is 0 Å². The van der Waals surface area contributed by atoms with Gasteiger partial charge in [-0.05, 0) is 46.2 Å². The highest BCUT2D eigenvalue weighted by atomic mass is 16.6. The number of nitrogens with one attached hydrogen (secondary N) is 2. The molecule has 2 aromatic heterocycles. The zero-order valence-electron chi connectivity index (χ0n) is 18.7. The van der Waals surface area contributed by atoms with Gasteiger partial charge in [0.1, 0.15) is 17.2 Å². The van der Waals surface area contributed by atoms with Crippen molar-refractivity contribution in [3.05, 3.63) is 33.7 Å². The number of amides is 1. The molecule has 0 saturated carbocycles. The largest absolute Gasteiger partial charge is 0.462 e. The number of aromatic nitrogens is 2. The number of nitrogens with zero attached hydrogens (tertiary/aromatic N) is 1. The standard InChI is InChI=1S/C22H31N3O5/c1-12(2)29-19(27)14-10-25(20(28)30-21(3,4)5)11-22(6,7)16-13-8-9-15(26)23-18(13)24-17(14)16/h8-9,12,14H,10-11H2,1-7H3,(H2,23,24,26). The molecule has 0 radical (unpaired) electrons. The molecule has 1 amide bonds. The number of carbonyl (C=O) groups is 2. The molecule has 164 valence electrons. The van der Waals surface area contributed by atoms with Crippen LogP contribution in [-0.4, -0.2) is 51.7 Å². The van der Waals surface area contributed by atoms with Gasteiger partial charge in [-0.25, -0.2) is 4.79 Å². The fraction of sp³-hybridized carbons (Fsp3) is 0.591. The van der Waals surface area contributed by atoms with Gasteiger partial charge in [-0.15, -0.1) is 0 Å². The molecule has 8 nitrogen and oxygen atoms in total. The van der Waals surface area contributed by atoms with E-state index < -0.39 is 29.0 Å². The second kappa shape index (κ2) is 7.49. The minimum atomic E-state index is -0.729. The molecule has 1 aliphatic rings. The smallest absolute Gasteiger partial charge is 0.410 e. The molecule has 8 heteroatoms. The molecule has 3 rings (SSSR count). The first-order valence-corrected chi connectivity index (χ1v) is 10.2. The summed E-state index contributed by atoms with van der Waals surface area (Å²) in [5, 5.41) is 0.822. The molecule has 0 bridgehead atoms. The summed E-state index contributed by atoms with van der Waals surface area (Å²) in [5.74, 6) is -1.15. The van der Waals surface area contributed by atoms with Crippen molar-refractivity contribution >= 4 is 23.1 Å². The van der Waals surface area contributed by atoms with E-state index in [0.29, 0.717) is 17.9 Å². The van der Waals surface area contributed by atoms with Crippen LogP contribution in [0.4, 0.5) is 4.79 Å². The third-order valence-electron chi connectivity index (χ3n) is 5.02. The highest BCUT2D eigenvalue weighted by Gasteiger charge is 2.42. The van der Waals surface area contributed by atoms with Crippen molar-refractivity contribution in [2.75, 3.05) is 13.1 Å². The van der Waals surface area contributed by atoms with Gasteiger partial charge in [0, 0.05) is 35.7 Å². The van der Waals surface area contributed by atoms with Crippen LogP contribution in [0.1, 0.15) is 65.6 Å². The van der Waals surface area contributed by atoms with Crippen molar-refractivity contribution < 1.29 is 19.1 Å². The fourth-order valence-electron chi connectivity index (χ4n) is 4.02. The summed E-state index contributed by atoms with van der Waals surface area (Å²) in [5.41, 5.74) is 0.735. The number of carbonyl (C=O) groups excluding carboxylic acids is 2. The summed E-state index contributed by atoms with van der Waals surface area (Å²) >= 11 is 0. The molecule has 1 aliphatic heterocycles. The van der Waals surface area contributed by atoms with Crippen molar-refractivity contribution in [3.8, 4) is 0 Å². The average Bonchev–Trinajstić information content (AvgIpc) is 2.89. The Bertz CT molecular complexity index is 1030. The van der Waals surface area contributed by atoms with Gasteiger partial charge in [-0.2, -0.15) is 0 Å². The van der Waals surface area contributed by atoms with Gasteiger partial charge in [-0.1, -0.05) is 13.8 Å². The molecule has 1 unspecified atom stereocenters. The van der Waals surface area contributed by atoms with Crippen molar-refractivity contribution in [1.29, 1.82) is 0 Å². The molecule has 0 fully saturated rings. The Hall–Kier alpha value is -2.77. The number of esters is 1. The molecule has 3 heterocycles. The second-order valence-electron chi connectivity index (χ2n) is 9.81. The number of H-pyrrole nitrogens is 2. The molecule has 1 atom stereocenters. The zero-order valence-corrected chi connectivity index (χ0v) is 18.7. The average molecular weight is 418 g/mol. The lowest BCUT2D eigenvalue weighted by molar-refractivity contribution is -0.149. The van der Waals surface area contributed by atoms with Crippen LogP contribution in [-0.2, 0) is 19.7 Å². The summed E-state index contributed by atoms with van der Waals surface area (Å²) < 4.78 is 11.1. The fourth-order valence-corrected chi connectivity index (χ4v) is 4.02. The predicted molar refractivity (Wildman–Crippen MR) is 114 cm³/mol. The molecular weight excluding hydrogens is 386 g/mol. The van der Waals surface area contributed by atoms with Crippen LogP contribution < -0.4 is 5.56 Å². The molecule has 0 spiro atoms. The quantitative estimate of drug-likeness (QED) is 0.729. The van der Waals surface area contributed by atoms with Gasteiger partial charge in [-0.3, -0.25) is 9.59 Å². The topological polar surface area (TPSA) is 104 Å². The van der Waals surface area contributed by atoms with E-state index in [4.69, 9.17) is 9.47 Å². The van der Waals surface area contributed by atoms with Crippen LogP contribution >= 0.6 is 0 Å². The Labute approximate surface area is 175 Å². The van der Waals surface area contributed by atoms with Crippen molar-refractivity contribution in [2.24, 2.45) is 0 Å². The third kappa shape index (κ3) is 4.37. The van der Waals surface area contributed by atoms with E-state index in [-0.39, 0.29) is 18.2 Å². The summed E-state index contributed by atoms with van der Waals surface area (Å²) in [4.78, 5) is 45.4. The van der Waals surface area contributed by atoms with E-state index in [9.17, 15) is 14.4 Å². The summed E-state index contributed by atoms with van der Waals surface area (Å²) in [6.07, 6.45) is -0.767. The number of ether oxygens (including phenoxy) is 2. The maximum Gasteiger partial charge on any atom is 0.410 e. The lowest BCUT2D eigenvalue weighted by atomic mass is 9.81. The zero-order chi connectivity index (χ0) is 22.4. The first kappa shape index (κ1) is 21.9. The summed E-state index contributed by atoms with van der Waals surface area (Å²) in [7, 11) is 0. The first-order chi connectivity index (χ1) is 13.8. The summed E-state index contributed by atoms with van der Waals surface area (Å²) in [6.45, 7) is 13.5. The van der Waals surface area contributed by atoms with Crippen LogP contribution in [0.15, 0.2) is 16.9 Å². The number of pyridine rings is 1. The van der Waals surface area contributed by atoms with Gasteiger partial charge in [0.05, 0.1) is 6.10 Å². The number of hydrogen-bond acceptors (Lipinski definition) is 5. The molecule has 2 aromatic rings. The molecule has 0 aliphatic carbocycles. The number of hydrogen-bond donors (Lipinski definition) is 2. The Morgan fingerprint density at radius 2 is 1.87 bits per heavy atom. The molecule has 0 aromatic carbocycles. The predicted octanol–water partition coefficient (Wildman–Crippen LogP) is 3.42. The normalized spacial score (nSPS) is 18.8. The van der Waals surface area contributed by atoms with Crippen LogP contribution in [0.2, 0.25) is 0 Å². The van der Waals surface area contributed by atoms with E-state index in [1.165, 1.54) is 6.07 Å². The summed E-state index contributed by atoms with van der Waals surface area (Å²) in [6, 6.07) is 3.21. The Balaban J connectivity index is 2.14. The lowest BCUT2D eigenvalue weighted by Crippen LogP contribution is -2.44. The Morgan fingerprint density at radius 3 is 2.47 bits per heavy atom. The Morgan fingerprint density at radius 1 is 1.20 bits per heavy atom. The van der Waals surface area contributed by atoms with E-state index in [1.807, 2.05) is 34.6 Å². The molecule has 30 heavy (non-hydrogen) atoms. The second-order valence-corrected chi connectivity index (χ2v) is 9.81. The maximum absolute atomic E-state index is 13.0. The highest BCUT2D eigenvalue weighted by molar-refractivity contribution is 5.88. The van der Waals surface area contributed by atoms with Gasteiger partial charge >= 0.3 is 12.1 Å². The molecule has 2 N–H and O–H groups in total. The van der Waals surface area contributed by atoms with E-state index >= 15 is 0 Å². The minimum Gasteiger partial charge on any atom is -0.462 e. The van der Waals surface area contributed by atoms with Gasteiger partial charge < -0.3 is 24.3 Å². The Kier molecular flexibility index (Phi) is 5.47. The monoisotopic (exact) mass is 417 g/mol.